The molecule has 37 heavy (non-hydrogen) atoms. The number of carbonyl (C=O) groups is 4. The molecule has 5 aliphatic carbocycles. The zero-order chi connectivity index (χ0) is 27.0. The second-order valence-electron chi connectivity index (χ2n) is 12.0. The lowest BCUT2D eigenvalue weighted by Crippen LogP contribution is -2.69. The van der Waals surface area contributed by atoms with E-state index in [0.29, 0.717) is 19.3 Å². The molecule has 8 nitrogen and oxygen atoms in total. The van der Waals surface area contributed by atoms with Crippen LogP contribution in [-0.2, 0) is 28.6 Å². The summed E-state index contributed by atoms with van der Waals surface area (Å²) in [7, 11) is 1.18. The van der Waals surface area contributed by atoms with Crippen molar-refractivity contribution >= 4 is 35.3 Å². The minimum absolute atomic E-state index is 0.0893. The van der Waals surface area contributed by atoms with Crippen molar-refractivity contribution in [3.8, 4) is 0 Å². The predicted molar refractivity (Wildman–Crippen MR) is 133 cm³/mol. The van der Waals surface area contributed by atoms with E-state index in [-0.39, 0.29) is 30.0 Å². The molecule has 0 radical (unpaired) electrons. The fourth-order valence-corrected chi connectivity index (χ4v) is 8.78. The number of rotatable bonds is 5. The molecule has 0 aromatic heterocycles. The van der Waals surface area contributed by atoms with Gasteiger partial charge in [0.25, 0.3) is 0 Å². The molecule has 0 aromatic rings. The monoisotopic (exact) mass is 534 g/mol. The van der Waals surface area contributed by atoms with E-state index in [9.17, 15) is 24.3 Å². The van der Waals surface area contributed by atoms with Crippen LogP contribution < -0.4 is 0 Å². The van der Waals surface area contributed by atoms with Crippen LogP contribution in [0.25, 0.3) is 0 Å². The topological polar surface area (TPSA) is 116 Å². The average Bonchev–Trinajstić information content (AvgIpc) is 3.67. The highest BCUT2D eigenvalue weighted by Gasteiger charge is 2.76. The molecule has 4 saturated carbocycles. The summed E-state index contributed by atoms with van der Waals surface area (Å²) >= 11 is 7.48. The van der Waals surface area contributed by atoms with Crippen molar-refractivity contribution < 1.29 is 38.5 Å². The number of Topliss-reactive ketones (excluding diaryl/α,β-unsaturated/α-hetero) is 1. The molecule has 4 fully saturated rings. The Bertz CT molecular complexity index is 1110. The van der Waals surface area contributed by atoms with Crippen LogP contribution in [0.15, 0.2) is 23.8 Å². The maximum atomic E-state index is 13.9. The van der Waals surface area contributed by atoms with Crippen LogP contribution >= 0.6 is 11.6 Å². The van der Waals surface area contributed by atoms with Crippen LogP contribution in [-0.4, -0.2) is 59.1 Å². The molecule has 0 aromatic carbocycles. The number of hydrogen-bond acceptors (Lipinski definition) is 8. The number of ketones is 2. The minimum Gasteiger partial charge on any atom is -0.457 e. The number of halogens is 1. The molecule has 9 heteroatoms. The molecule has 0 spiro atoms. The molecule has 202 valence electrons. The second kappa shape index (κ2) is 8.67. The van der Waals surface area contributed by atoms with E-state index >= 15 is 0 Å². The number of carbonyl (C=O) groups excluding carboxylic acids is 4. The zero-order valence-electron chi connectivity index (χ0n) is 21.8. The fourth-order valence-electron chi connectivity index (χ4n) is 8.25. The van der Waals surface area contributed by atoms with Gasteiger partial charge in [-0.15, -0.1) is 11.6 Å². The first-order valence-corrected chi connectivity index (χ1v) is 13.5. The van der Waals surface area contributed by atoms with Gasteiger partial charge in [0.2, 0.25) is 5.78 Å². The van der Waals surface area contributed by atoms with Crippen molar-refractivity contribution in [3.63, 3.8) is 0 Å². The van der Waals surface area contributed by atoms with Gasteiger partial charge in [0, 0.05) is 16.7 Å². The van der Waals surface area contributed by atoms with Crippen LogP contribution in [0, 0.1) is 34.5 Å². The molecule has 1 unspecified atom stereocenters. The maximum Gasteiger partial charge on any atom is 0.509 e. The number of methoxy groups -OCH3 is 1. The SMILES string of the molecule is COC(=O)O[C@]1(C(=O)COC(=O)C2CC2)[C@H](C)C[C@H]2[C@@H]3CCC4=CC(=O)C=C[C@]4(C)[C@@]3(Cl)C(O)C[C@@]21C. The molecule has 0 heterocycles. The number of allylic oxidation sites excluding steroid dienone is 4. The fraction of sp³-hybridized carbons (Fsp3) is 0.714. The number of hydrogen-bond donors (Lipinski definition) is 1. The van der Waals surface area contributed by atoms with Gasteiger partial charge in [-0.2, -0.15) is 0 Å². The highest BCUT2D eigenvalue weighted by atomic mass is 35.5. The smallest absolute Gasteiger partial charge is 0.457 e. The summed E-state index contributed by atoms with van der Waals surface area (Å²) < 4.78 is 16.1. The van der Waals surface area contributed by atoms with Crippen LogP contribution in [0.3, 0.4) is 0 Å². The number of ether oxygens (including phenoxy) is 3. The highest BCUT2D eigenvalue weighted by molar-refractivity contribution is 6.26. The first-order chi connectivity index (χ1) is 17.3. The number of fused-ring (bicyclic) bond motifs is 5. The Morgan fingerprint density at radius 2 is 1.86 bits per heavy atom. The Labute approximate surface area is 221 Å². The van der Waals surface area contributed by atoms with Crippen molar-refractivity contribution in [1.82, 2.24) is 0 Å². The van der Waals surface area contributed by atoms with Gasteiger partial charge in [0.05, 0.1) is 24.0 Å². The molecule has 0 bridgehead atoms. The summed E-state index contributed by atoms with van der Waals surface area (Å²) in [5, 5.41) is 11.8. The lowest BCUT2D eigenvalue weighted by atomic mass is 9.45. The Morgan fingerprint density at radius 3 is 2.51 bits per heavy atom. The van der Waals surface area contributed by atoms with E-state index in [1.54, 1.807) is 6.08 Å². The van der Waals surface area contributed by atoms with Gasteiger partial charge in [-0.25, -0.2) is 4.79 Å². The summed E-state index contributed by atoms with van der Waals surface area (Å²) in [6.07, 6.45) is 6.24. The van der Waals surface area contributed by atoms with E-state index in [4.69, 9.17) is 25.8 Å². The number of alkyl halides is 1. The van der Waals surface area contributed by atoms with Gasteiger partial charge >= 0.3 is 12.1 Å². The Morgan fingerprint density at radius 1 is 1.16 bits per heavy atom. The summed E-state index contributed by atoms with van der Waals surface area (Å²) in [6.45, 7) is 5.18. The molecule has 0 aliphatic heterocycles. The Kier molecular flexibility index (Phi) is 6.19. The average molecular weight is 535 g/mol. The van der Waals surface area contributed by atoms with E-state index in [1.807, 2.05) is 26.8 Å². The van der Waals surface area contributed by atoms with Gasteiger partial charge in [0.1, 0.15) is 0 Å². The molecular weight excluding hydrogens is 500 g/mol. The normalized spacial score (nSPS) is 44.2. The van der Waals surface area contributed by atoms with E-state index < -0.39 is 57.8 Å². The molecule has 0 amide bonds. The van der Waals surface area contributed by atoms with E-state index in [0.717, 1.165) is 18.4 Å². The van der Waals surface area contributed by atoms with Crippen molar-refractivity contribution in [2.75, 3.05) is 13.7 Å². The molecule has 1 N–H and O–H groups in total. The van der Waals surface area contributed by atoms with Crippen molar-refractivity contribution in [2.45, 2.75) is 75.9 Å². The van der Waals surface area contributed by atoms with Crippen molar-refractivity contribution in [1.29, 1.82) is 0 Å². The maximum absolute atomic E-state index is 13.9. The van der Waals surface area contributed by atoms with Crippen LogP contribution in [0.2, 0.25) is 0 Å². The number of esters is 1. The van der Waals surface area contributed by atoms with Crippen LogP contribution in [0.1, 0.15) is 59.3 Å². The number of aliphatic hydroxyl groups is 1. The van der Waals surface area contributed by atoms with Gasteiger partial charge in [-0.05, 0) is 62.5 Å². The standard InChI is InChI=1S/C28H35ClO8/c1-15-11-20-19-8-7-17-12-18(30)9-10-25(17,2)27(19,29)21(31)13-26(20,3)28(15,37-24(34)35-4)22(32)14-36-23(33)16-5-6-16/h9-10,12,15-16,19-21,31H,5-8,11,13-14H2,1-4H3/t15-,19+,20+,21?,25+,26+,27+,28+/m1/s1. The lowest BCUT2D eigenvalue weighted by molar-refractivity contribution is -0.187. The minimum atomic E-state index is -1.66. The third-order valence-electron chi connectivity index (χ3n) is 10.3. The van der Waals surface area contributed by atoms with Crippen molar-refractivity contribution in [2.24, 2.45) is 34.5 Å². The first kappa shape index (κ1) is 26.4. The number of aliphatic hydroxyl groups excluding tert-OH is 1. The van der Waals surface area contributed by atoms with Crippen molar-refractivity contribution in [3.05, 3.63) is 23.8 Å². The third kappa shape index (κ3) is 3.50. The summed E-state index contributed by atoms with van der Waals surface area (Å²) in [4.78, 5) is 49.7. The van der Waals surface area contributed by atoms with Crippen LogP contribution in [0.5, 0.6) is 0 Å². The third-order valence-corrected chi connectivity index (χ3v) is 11.2. The highest BCUT2D eigenvalue weighted by Crippen LogP contribution is 2.72. The molecular formula is C28H35ClO8. The summed E-state index contributed by atoms with van der Waals surface area (Å²) in [5.41, 5.74) is -2.49. The van der Waals surface area contributed by atoms with Crippen LogP contribution in [0.4, 0.5) is 4.79 Å². The predicted octanol–water partition coefficient (Wildman–Crippen LogP) is 3.92. The Hall–Kier alpha value is -2.19. The van der Waals surface area contributed by atoms with Gasteiger partial charge in [-0.3, -0.25) is 14.4 Å². The lowest BCUT2D eigenvalue weighted by Gasteiger charge is -2.64. The Balaban J connectivity index is 1.55. The quantitative estimate of drug-likeness (QED) is 0.417. The first-order valence-electron chi connectivity index (χ1n) is 13.1. The summed E-state index contributed by atoms with van der Waals surface area (Å²) in [5.74, 6) is -2.04. The zero-order valence-corrected chi connectivity index (χ0v) is 22.5. The van der Waals surface area contributed by atoms with E-state index in [2.05, 4.69) is 0 Å². The molecule has 5 rings (SSSR count). The molecule has 8 atom stereocenters. The molecule has 0 saturated heterocycles. The van der Waals surface area contributed by atoms with Gasteiger partial charge in [0.15, 0.2) is 18.0 Å². The summed E-state index contributed by atoms with van der Waals surface area (Å²) in [6, 6.07) is 0. The van der Waals surface area contributed by atoms with Gasteiger partial charge in [-0.1, -0.05) is 32.4 Å². The van der Waals surface area contributed by atoms with E-state index in [1.165, 1.54) is 13.2 Å². The second-order valence-corrected chi connectivity index (χ2v) is 12.6. The largest absolute Gasteiger partial charge is 0.509 e. The van der Waals surface area contributed by atoms with Gasteiger partial charge < -0.3 is 19.3 Å². The molecule has 5 aliphatic rings.